The van der Waals surface area contributed by atoms with Crippen LogP contribution < -0.4 is 5.32 Å². The molecule has 1 aliphatic rings. The lowest BCUT2D eigenvalue weighted by Gasteiger charge is -2.06. The van der Waals surface area contributed by atoms with Gasteiger partial charge in [-0.15, -0.1) is 0 Å². The number of aliphatic carboxylic acids is 1. The van der Waals surface area contributed by atoms with Gasteiger partial charge in [-0.05, 0) is 24.1 Å². The highest BCUT2D eigenvalue weighted by Crippen LogP contribution is 2.32. The first-order valence-corrected chi connectivity index (χ1v) is 4.80. The molecule has 1 aromatic carbocycles. The van der Waals surface area contributed by atoms with Crippen molar-refractivity contribution in [1.29, 1.82) is 0 Å². The Morgan fingerprint density at radius 1 is 1.64 bits per heavy atom. The van der Waals surface area contributed by atoms with Crippen molar-refractivity contribution < 1.29 is 9.90 Å². The van der Waals surface area contributed by atoms with Crippen molar-refractivity contribution in [3.63, 3.8) is 0 Å². The normalized spacial score (nSPS) is 18.8. The molecule has 1 aromatic rings. The molecule has 1 unspecified atom stereocenters. The molecule has 0 aliphatic carbocycles. The predicted octanol–water partition coefficient (Wildman–Crippen LogP) is 2.15. The van der Waals surface area contributed by atoms with Gasteiger partial charge in [0.15, 0.2) is 0 Å². The first-order valence-electron chi connectivity index (χ1n) is 4.42. The van der Waals surface area contributed by atoms with E-state index in [2.05, 4.69) is 5.32 Å². The fourth-order valence-corrected chi connectivity index (χ4v) is 2.00. The summed E-state index contributed by atoms with van der Waals surface area (Å²) >= 11 is 5.98. The number of carboxylic acid groups (broad SMARTS) is 1. The van der Waals surface area contributed by atoms with Crippen LogP contribution in [0.15, 0.2) is 18.2 Å². The summed E-state index contributed by atoms with van der Waals surface area (Å²) < 4.78 is 0. The van der Waals surface area contributed by atoms with E-state index < -0.39 is 5.97 Å². The summed E-state index contributed by atoms with van der Waals surface area (Å²) in [5.41, 5.74) is 1.99. The van der Waals surface area contributed by atoms with Crippen molar-refractivity contribution in [2.75, 3.05) is 5.32 Å². The average Bonchev–Trinajstić information content (AvgIpc) is 2.47. The Balaban J connectivity index is 2.18. The van der Waals surface area contributed by atoms with Crippen molar-refractivity contribution in [2.24, 2.45) is 0 Å². The van der Waals surface area contributed by atoms with Crippen LogP contribution in [0.5, 0.6) is 0 Å². The Morgan fingerprint density at radius 3 is 3.07 bits per heavy atom. The van der Waals surface area contributed by atoms with Gasteiger partial charge in [0.05, 0.1) is 6.42 Å². The molecule has 1 heterocycles. The first kappa shape index (κ1) is 9.34. The Labute approximate surface area is 86.7 Å². The highest BCUT2D eigenvalue weighted by atomic mass is 35.5. The third-order valence-electron chi connectivity index (χ3n) is 2.35. The van der Waals surface area contributed by atoms with Gasteiger partial charge in [0.25, 0.3) is 0 Å². The van der Waals surface area contributed by atoms with Gasteiger partial charge in [0.2, 0.25) is 0 Å². The van der Waals surface area contributed by atoms with E-state index in [4.69, 9.17) is 16.7 Å². The Hall–Kier alpha value is -1.22. The molecule has 1 atom stereocenters. The Bertz CT molecular complexity index is 378. The van der Waals surface area contributed by atoms with Gasteiger partial charge < -0.3 is 10.4 Å². The van der Waals surface area contributed by atoms with Crippen LogP contribution in [0.2, 0.25) is 5.02 Å². The monoisotopic (exact) mass is 211 g/mol. The van der Waals surface area contributed by atoms with Crippen molar-refractivity contribution in [3.8, 4) is 0 Å². The second-order valence-electron chi connectivity index (χ2n) is 3.41. The standard InChI is InChI=1S/C10H10ClNO2/c11-8-2-1-3-9-7(8)4-6(12-9)5-10(13)14/h1-3,6,12H,4-5H2,(H,13,14). The molecule has 0 spiro atoms. The van der Waals surface area contributed by atoms with Crippen LogP contribution in [-0.2, 0) is 11.2 Å². The fraction of sp³-hybridized carbons (Fsp3) is 0.300. The molecule has 74 valence electrons. The van der Waals surface area contributed by atoms with Crippen LogP contribution >= 0.6 is 11.6 Å². The van der Waals surface area contributed by atoms with Crippen LogP contribution in [0.4, 0.5) is 5.69 Å². The molecule has 14 heavy (non-hydrogen) atoms. The van der Waals surface area contributed by atoms with Gasteiger partial charge in [-0.1, -0.05) is 17.7 Å². The lowest BCUT2D eigenvalue weighted by atomic mass is 10.1. The minimum absolute atomic E-state index is 0.0256. The fourth-order valence-electron chi connectivity index (χ4n) is 1.75. The zero-order valence-corrected chi connectivity index (χ0v) is 8.21. The zero-order valence-electron chi connectivity index (χ0n) is 7.46. The molecule has 0 fully saturated rings. The third-order valence-corrected chi connectivity index (χ3v) is 2.70. The summed E-state index contributed by atoms with van der Waals surface area (Å²) in [4.78, 5) is 10.5. The average molecular weight is 212 g/mol. The molecule has 0 saturated carbocycles. The number of carboxylic acids is 1. The number of benzene rings is 1. The molecular formula is C10H10ClNO2. The molecule has 0 amide bonds. The number of hydrogen-bond donors (Lipinski definition) is 2. The van der Waals surface area contributed by atoms with Crippen molar-refractivity contribution in [2.45, 2.75) is 18.9 Å². The van der Waals surface area contributed by atoms with Crippen molar-refractivity contribution in [3.05, 3.63) is 28.8 Å². The second-order valence-corrected chi connectivity index (χ2v) is 3.82. The minimum Gasteiger partial charge on any atom is -0.481 e. The summed E-state index contributed by atoms with van der Waals surface area (Å²) in [5.74, 6) is -0.786. The quantitative estimate of drug-likeness (QED) is 0.788. The van der Waals surface area contributed by atoms with Gasteiger partial charge >= 0.3 is 5.97 Å². The van der Waals surface area contributed by atoms with E-state index in [0.717, 1.165) is 11.3 Å². The van der Waals surface area contributed by atoms with Gasteiger partial charge in [-0.25, -0.2) is 0 Å². The maximum absolute atomic E-state index is 10.5. The van der Waals surface area contributed by atoms with Crippen molar-refractivity contribution in [1.82, 2.24) is 0 Å². The molecule has 3 nitrogen and oxygen atoms in total. The molecule has 4 heteroatoms. The van der Waals surface area contributed by atoms with Gasteiger partial charge in [-0.3, -0.25) is 4.79 Å². The maximum Gasteiger partial charge on any atom is 0.305 e. The van der Waals surface area contributed by atoms with E-state index in [0.29, 0.717) is 11.4 Å². The first-order chi connectivity index (χ1) is 6.66. The lowest BCUT2D eigenvalue weighted by molar-refractivity contribution is -0.137. The van der Waals surface area contributed by atoms with Crippen LogP contribution in [0.25, 0.3) is 0 Å². The number of nitrogens with one attached hydrogen (secondary N) is 1. The summed E-state index contributed by atoms with van der Waals surface area (Å²) in [7, 11) is 0. The van der Waals surface area contributed by atoms with E-state index in [1.807, 2.05) is 18.2 Å². The second kappa shape index (κ2) is 3.50. The third kappa shape index (κ3) is 1.68. The summed E-state index contributed by atoms with van der Waals surface area (Å²) in [6, 6.07) is 5.58. The molecular weight excluding hydrogens is 202 g/mol. The molecule has 2 N–H and O–H groups in total. The Kier molecular flexibility index (Phi) is 2.33. The van der Waals surface area contributed by atoms with Gasteiger partial charge in [0, 0.05) is 16.8 Å². The Morgan fingerprint density at radius 2 is 2.43 bits per heavy atom. The molecule has 0 bridgehead atoms. The summed E-state index contributed by atoms with van der Waals surface area (Å²) in [6.45, 7) is 0. The van der Waals surface area contributed by atoms with Gasteiger partial charge in [0.1, 0.15) is 0 Å². The number of carbonyl (C=O) groups is 1. The highest BCUT2D eigenvalue weighted by molar-refractivity contribution is 6.31. The van der Waals surface area contributed by atoms with E-state index >= 15 is 0 Å². The van der Waals surface area contributed by atoms with Crippen LogP contribution in [0, 0.1) is 0 Å². The zero-order chi connectivity index (χ0) is 10.1. The topological polar surface area (TPSA) is 49.3 Å². The molecule has 0 radical (unpaired) electrons. The smallest absolute Gasteiger partial charge is 0.305 e. The number of anilines is 1. The highest BCUT2D eigenvalue weighted by Gasteiger charge is 2.23. The molecule has 1 aliphatic heterocycles. The molecule has 2 rings (SSSR count). The minimum atomic E-state index is -0.786. The van der Waals surface area contributed by atoms with Crippen LogP contribution in [0.1, 0.15) is 12.0 Å². The van der Waals surface area contributed by atoms with E-state index in [-0.39, 0.29) is 12.5 Å². The number of hydrogen-bond acceptors (Lipinski definition) is 2. The van der Waals surface area contributed by atoms with E-state index in [9.17, 15) is 4.79 Å². The molecule has 0 aromatic heterocycles. The SMILES string of the molecule is O=C(O)CC1Cc2c(Cl)cccc2N1. The van der Waals surface area contributed by atoms with Crippen LogP contribution in [0.3, 0.4) is 0 Å². The van der Waals surface area contributed by atoms with Crippen molar-refractivity contribution >= 4 is 23.3 Å². The number of fused-ring (bicyclic) bond motifs is 1. The number of halogens is 1. The summed E-state index contributed by atoms with van der Waals surface area (Å²) in [6.07, 6.45) is 0.826. The predicted molar refractivity (Wildman–Crippen MR) is 54.8 cm³/mol. The molecule has 0 saturated heterocycles. The van der Waals surface area contributed by atoms with Crippen LogP contribution in [-0.4, -0.2) is 17.1 Å². The largest absolute Gasteiger partial charge is 0.481 e. The van der Waals surface area contributed by atoms with Gasteiger partial charge in [-0.2, -0.15) is 0 Å². The number of rotatable bonds is 2. The van der Waals surface area contributed by atoms with E-state index in [1.165, 1.54) is 0 Å². The summed E-state index contributed by atoms with van der Waals surface area (Å²) in [5, 5.41) is 12.5. The van der Waals surface area contributed by atoms with E-state index in [1.54, 1.807) is 0 Å². The lowest BCUT2D eigenvalue weighted by Crippen LogP contribution is -2.19. The maximum atomic E-state index is 10.5.